The first-order valence-corrected chi connectivity index (χ1v) is 13.6. The number of aryl methyl sites for hydroxylation is 1. The Hall–Kier alpha value is -3.27. The molecule has 0 spiro atoms. The van der Waals surface area contributed by atoms with Crippen molar-refractivity contribution >= 4 is 38.4 Å². The maximum atomic E-state index is 13.4. The van der Waals surface area contributed by atoms with Crippen LogP contribution in [0.5, 0.6) is 0 Å². The first-order valence-electron chi connectivity index (χ1n) is 11.8. The van der Waals surface area contributed by atoms with Gasteiger partial charge in [-0.25, -0.2) is 22.9 Å². The predicted molar refractivity (Wildman–Crippen MR) is 131 cm³/mol. The molecule has 3 heterocycles. The Kier molecular flexibility index (Phi) is 5.86. The standard InChI is InChI=1S/C25H28N4O5S/c1-15-22-20(25(31)34-16(2)24(30)28(3)18-7-5-4-6-8-18)13-21(17-9-10-17)26-23(22)29(27-15)19-11-12-35(32,33)14-19/h4-8,13,16-17,19H,9-12,14H2,1-3H3/t16-,19-/m1/s1. The normalized spacial score (nSPS) is 20.0. The minimum Gasteiger partial charge on any atom is -0.449 e. The van der Waals surface area contributed by atoms with Crippen molar-refractivity contribution in [2.75, 3.05) is 23.5 Å². The Morgan fingerprint density at radius 1 is 1.17 bits per heavy atom. The molecule has 1 amide bonds. The molecule has 2 aromatic heterocycles. The van der Waals surface area contributed by atoms with Crippen LogP contribution in [0.25, 0.3) is 11.0 Å². The van der Waals surface area contributed by atoms with E-state index in [1.54, 1.807) is 31.6 Å². The molecule has 184 valence electrons. The van der Waals surface area contributed by atoms with Crippen LogP contribution in [-0.2, 0) is 19.4 Å². The number of fused-ring (bicyclic) bond motifs is 1. The molecule has 10 heteroatoms. The number of para-hydroxylation sites is 1. The van der Waals surface area contributed by atoms with E-state index < -0.39 is 21.9 Å². The number of hydrogen-bond acceptors (Lipinski definition) is 7. The minimum absolute atomic E-state index is 0.00962. The molecule has 2 atom stereocenters. The van der Waals surface area contributed by atoms with E-state index in [1.165, 1.54) is 4.90 Å². The Morgan fingerprint density at radius 3 is 2.51 bits per heavy atom. The van der Waals surface area contributed by atoms with Gasteiger partial charge < -0.3 is 9.64 Å². The van der Waals surface area contributed by atoms with E-state index in [1.807, 2.05) is 30.3 Å². The van der Waals surface area contributed by atoms with Gasteiger partial charge in [-0.15, -0.1) is 0 Å². The summed E-state index contributed by atoms with van der Waals surface area (Å²) >= 11 is 0. The van der Waals surface area contributed by atoms with Crippen LogP contribution in [0.15, 0.2) is 36.4 Å². The lowest BCUT2D eigenvalue weighted by atomic mass is 10.1. The molecular weight excluding hydrogens is 468 g/mol. The first kappa shape index (κ1) is 23.5. The number of rotatable bonds is 6. The zero-order chi connectivity index (χ0) is 24.9. The topological polar surface area (TPSA) is 111 Å². The molecule has 2 aliphatic rings. The highest BCUT2D eigenvalue weighted by Gasteiger charge is 2.34. The molecule has 1 aromatic carbocycles. The number of hydrogen-bond donors (Lipinski definition) is 0. The molecular formula is C25H28N4O5S. The van der Waals surface area contributed by atoms with Crippen molar-refractivity contribution in [2.24, 2.45) is 0 Å². The Balaban J connectivity index is 1.47. The van der Waals surface area contributed by atoms with Gasteiger partial charge in [0.1, 0.15) is 0 Å². The molecule has 1 saturated carbocycles. The van der Waals surface area contributed by atoms with E-state index in [0.717, 1.165) is 18.5 Å². The lowest BCUT2D eigenvalue weighted by molar-refractivity contribution is -0.126. The van der Waals surface area contributed by atoms with Gasteiger partial charge >= 0.3 is 5.97 Å². The fraction of sp³-hybridized carbons (Fsp3) is 0.440. The second-order valence-electron chi connectivity index (χ2n) is 9.43. The number of amides is 1. The van der Waals surface area contributed by atoms with Gasteiger partial charge in [-0.1, -0.05) is 18.2 Å². The maximum absolute atomic E-state index is 13.4. The van der Waals surface area contributed by atoms with Crippen molar-refractivity contribution in [2.45, 2.75) is 51.2 Å². The molecule has 3 aromatic rings. The van der Waals surface area contributed by atoms with E-state index in [0.29, 0.717) is 34.4 Å². The van der Waals surface area contributed by atoms with Gasteiger partial charge in [0.2, 0.25) is 0 Å². The molecule has 0 unspecified atom stereocenters. The summed E-state index contributed by atoms with van der Waals surface area (Å²) in [5, 5.41) is 5.13. The number of pyridine rings is 1. The van der Waals surface area contributed by atoms with Crippen molar-refractivity contribution in [1.82, 2.24) is 14.8 Å². The molecule has 35 heavy (non-hydrogen) atoms. The zero-order valence-electron chi connectivity index (χ0n) is 20.0. The van der Waals surface area contributed by atoms with E-state index in [9.17, 15) is 18.0 Å². The summed E-state index contributed by atoms with van der Waals surface area (Å²) in [6, 6.07) is 10.6. The number of aromatic nitrogens is 3. The number of ether oxygens (including phenoxy) is 1. The molecule has 2 fully saturated rings. The van der Waals surface area contributed by atoms with Crippen molar-refractivity contribution in [3.63, 3.8) is 0 Å². The largest absolute Gasteiger partial charge is 0.449 e. The molecule has 0 N–H and O–H groups in total. The Labute approximate surface area is 204 Å². The number of esters is 1. The third-order valence-corrected chi connectivity index (χ3v) is 8.48. The number of carbonyl (C=O) groups excluding carboxylic acids is 2. The molecule has 1 aliphatic heterocycles. The van der Waals surface area contributed by atoms with E-state index in [-0.39, 0.29) is 29.4 Å². The van der Waals surface area contributed by atoms with Crippen LogP contribution < -0.4 is 4.90 Å². The second-order valence-corrected chi connectivity index (χ2v) is 11.7. The van der Waals surface area contributed by atoms with Crippen molar-refractivity contribution in [1.29, 1.82) is 0 Å². The van der Waals surface area contributed by atoms with Crippen LogP contribution in [0.3, 0.4) is 0 Å². The summed E-state index contributed by atoms with van der Waals surface area (Å²) in [7, 11) is -1.48. The van der Waals surface area contributed by atoms with Gasteiger partial charge in [-0.05, 0) is 51.3 Å². The highest BCUT2D eigenvalue weighted by molar-refractivity contribution is 7.91. The third-order valence-electron chi connectivity index (χ3n) is 6.73. The average Bonchev–Trinajstić information content (AvgIpc) is 3.56. The molecule has 9 nitrogen and oxygen atoms in total. The van der Waals surface area contributed by atoms with Gasteiger partial charge in [0.25, 0.3) is 5.91 Å². The Bertz CT molecular complexity index is 1410. The predicted octanol–water partition coefficient (Wildman–Crippen LogP) is 3.19. The maximum Gasteiger partial charge on any atom is 0.339 e. The smallest absolute Gasteiger partial charge is 0.339 e. The minimum atomic E-state index is -3.12. The fourth-order valence-electron chi connectivity index (χ4n) is 4.63. The monoisotopic (exact) mass is 496 g/mol. The van der Waals surface area contributed by atoms with Crippen LogP contribution in [-0.4, -0.2) is 59.7 Å². The van der Waals surface area contributed by atoms with E-state index >= 15 is 0 Å². The van der Waals surface area contributed by atoms with Crippen molar-refractivity contribution in [3.8, 4) is 0 Å². The van der Waals surface area contributed by atoms with E-state index in [4.69, 9.17) is 9.72 Å². The molecule has 5 rings (SSSR count). The quantitative estimate of drug-likeness (QED) is 0.482. The van der Waals surface area contributed by atoms with Crippen LogP contribution in [0, 0.1) is 6.92 Å². The summed E-state index contributed by atoms with van der Waals surface area (Å²) in [6.45, 7) is 3.33. The van der Waals surface area contributed by atoms with Crippen molar-refractivity contribution < 1.29 is 22.7 Å². The summed E-state index contributed by atoms with van der Waals surface area (Å²) in [5.41, 5.74) is 2.86. The van der Waals surface area contributed by atoms with Crippen LogP contribution >= 0.6 is 0 Å². The summed E-state index contributed by atoms with van der Waals surface area (Å²) < 4.78 is 31.5. The highest BCUT2D eigenvalue weighted by atomic mass is 32.2. The number of carbonyl (C=O) groups is 2. The summed E-state index contributed by atoms with van der Waals surface area (Å²) in [5.74, 6) is -0.589. The number of anilines is 1. The SMILES string of the molecule is Cc1nn([C@@H]2CCS(=O)(=O)C2)c2nc(C3CC3)cc(C(=O)O[C@H](C)C(=O)N(C)c3ccccc3)c12. The number of likely N-dealkylation sites (N-methyl/N-ethyl adjacent to an activating group) is 1. The molecule has 0 radical (unpaired) electrons. The van der Waals surface area contributed by atoms with Crippen LogP contribution in [0.4, 0.5) is 5.69 Å². The second kappa shape index (κ2) is 8.75. The van der Waals surface area contributed by atoms with Crippen molar-refractivity contribution in [3.05, 3.63) is 53.3 Å². The van der Waals surface area contributed by atoms with Crippen LogP contribution in [0.2, 0.25) is 0 Å². The van der Waals surface area contributed by atoms with Gasteiger partial charge in [-0.3, -0.25) is 4.79 Å². The van der Waals surface area contributed by atoms with Gasteiger partial charge in [0, 0.05) is 24.3 Å². The van der Waals surface area contributed by atoms with Gasteiger partial charge in [0.05, 0.1) is 34.2 Å². The summed E-state index contributed by atoms with van der Waals surface area (Å²) in [6.07, 6.45) is 1.42. The lowest BCUT2D eigenvalue weighted by Gasteiger charge is -2.21. The number of nitrogens with zero attached hydrogens (tertiary/aromatic N) is 4. The third kappa shape index (κ3) is 4.54. The van der Waals surface area contributed by atoms with Gasteiger partial charge in [0.15, 0.2) is 21.6 Å². The number of benzene rings is 1. The molecule has 1 saturated heterocycles. The van der Waals surface area contributed by atoms with E-state index in [2.05, 4.69) is 5.10 Å². The first-order chi connectivity index (χ1) is 16.6. The van der Waals surface area contributed by atoms with Crippen LogP contribution in [0.1, 0.15) is 59.9 Å². The summed E-state index contributed by atoms with van der Waals surface area (Å²) in [4.78, 5) is 32.5. The van der Waals surface area contributed by atoms with Gasteiger partial charge in [-0.2, -0.15) is 5.10 Å². The number of sulfone groups is 1. The molecule has 0 bridgehead atoms. The average molecular weight is 497 g/mol. The molecule has 1 aliphatic carbocycles. The highest BCUT2D eigenvalue weighted by Crippen LogP contribution is 2.41. The Morgan fingerprint density at radius 2 is 1.89 bits per heavy atom. The zero-order valence-corrected chi connectivity index (χ0v) is 20.8. The lowest BCUT2D eigenvalue weighted by Crippen LogP contribution is -2.37. The fourth-order valence-corrected chi connectivity index (χ4v) is 6.32.